The average Bonchev–Trinajstić information content (AvgIpc) is 2.44. The molecule has 0 saturated carbocycles. The Hall–Kier alpha value is -1.14. The maximum absolute atomic E-state index is 12.4. The van der Waals surface area contributed by atoms with E-state index in [-0.39, 0.29) is 17.8 Å². The number of nitrogens with one attached hydrogen (secondary N) is 2. The SMILES string of the molecule is COCC1(C(=O)NCC(C)C(=O)OC)CCNCC1. The lowest BCUT2D eigenvalue weighted by atomic mass is 9.78. The third kappa shape index (κ3) is 4.18. The van der Waals surface area contributed by atoms with E-state index < -0.39 is 5.41 Å². The van der Waals surface area contributed by atoms with Gasteiger partial charge in [-0.1, -0.05) is 6.92 Å². The lowest BCUT2D eigenvalue weighted by Gasteiger charge is -2.35. The molecule has 0 aromatic rings. The van der Waals surface area contributed by atoms with Crippen LogP contribution >= 0.6 is 0 Å². The summed E-state index contributed by atoms with van der Waals surface area (Å²) in [4.78, 5) is 23.7. The van der Waals surface area contributed by atoms with Crippen LogP contribution in [0.4, 0.5) is 0 Å². The molecule has 1 aliphatic rings. The van der Waals surface area contributed by atoms with E-state index in [1.54, 1.807) is 14.0 Å². The van der Waals surface area contributed by atoms with E-state index in [9.17, 15) is 9.59 Å². The van der Waals surface area contributed by atoms with Crippen molar-refractivity contribution in [2.75, 3.05) is 40.5 Å². The third-order valence-corrected chi connectivity index (χ3v) is 3.64. The second-order valence-corrected chi connectivity index (χ2v) is 5.10. The van der Waals surface area contributed by atoms with Crippen molar-refractivity contribution < 1.29 is 19.1 Å². The minimum atomic E-state index is -0.476. The van der Waals surface area contributed by atoms with Crippen molar-refractivity contribution in [1.29, 1.82) is 0 Å². The predicted molar refractivity (Wildman–Crippen MR) is 70.6 cm³/mol. The summed E-state index contributed by atoms with van der Waals surface area (Å²) >= 11 is 0. The zero-order valence-corrected chi connectivity index (χ0v) is 12.0. The Balaban J connectivity index is 2.55. The Morgan fingerprint density at radius 1 is 1.32 bits per heavy atom. The van der Waals surface area contributed by atoms with Crippen molar-refractivity contribution in [2.24, 2.45) is 11.3 Å². The molecule has 1 atom stereocenters. The minimum Gasteiger partial charge on any atom is -0.469 e. The summed E-state index contributed by atoms with van der Waals surface area (Å²) in [6.07, 6.45) is 1.50. The van der Waals surface area contributed by atoms with Gasteiger partial charge in [0.05, 0.1) is 25.0 Å². The normalized spacial score (nSPS) is 19.5. The summed E-state index contributed by atoms with van der Waals surface area (Å²) in [7, 11) is 2.95. The molecule has 1 amide bonds. The van der Waals surface area contributed by atoms with Crippen molar-refractivity contribution >= 4 is 11.9 Å². The van der Waals surface area contributed by atoms with E-state index in [1.807, 2.05) is 0 Å². The van der Waals surface area contributed by atoms with Crippen molar-refractivity contribution in [3.8, 4) is 0 Å². The number of carbonyl (C=O) groups excluding carboxylic acids is 2. The predicted octanol–water partition coefficient (Wildman–Crippen LogP) is -0.0721. The maximum Gasteiger partial charge on any atom is 0.310 e. The Labute approximate surface area is 114 Å². The number of hydrogen-bond donors (Lipinski definition) is 2. The molecule has 6 heteroatoms. The smallest absolute Gasteiger partial charge is 0.310 e. The highest BCUT2D eigenvalue weighted by molar-refractivity contribution is 5.83. The van der Waals surface area contributed by atoms with Crippen LogP contribution in [0.15, 0.2) is 0 Å². The lowest BCUT2D eigenvalue weighted by Crippen LogP contribution is -2.51. The van der Waals surface area contributed by atoms with Crippen LogP contribution < -0.4 is 10.6 Å². The number of esters is 1. The van der Waals surface area contributed by atoms with Crippen LogP contribution in [0.5, 0.6) is 0 Å². The van der Waals surface area contributed by atoms with Gasteiger partial charge in [-0.3, -0.25) is 9.59 Å². The van der Waals surface area contributed by atoms with Crippen LogP contribution in [0.3, 0.4) is 0 Å². The number of hydrogen-bond acceptors (Lipinski definition) is 5. The summed E-state index contributed by atoms with van der Waals surface area (Å²) in [5, 5.41) is 6.08. The first-order valence-electron chi connectivity index (χ1n) is 6.61. The average molecular weight is 272 g/mol. The van der Waals surface area contributed by atoms with Gasteiger partial charge in [0.25, 0.3) is 0 Å². The number of carbonyl (C=O) groups is 2. The Morgan fingerprint density at radius 2 is 1.95 bits per heavy atom. The molecule has 1 saturated heterocycles. The zero-order chi connectivity index (χ0) is 14.3. The molecular formula is C13H24N2O4. The second-order valence-electron chi connectivity index (χ2n) is 5.10. The fraction of sp³-hybridized carbons (Fsp3) is 0.846. The molecule has 2 N–H and O–H groups in total. The van der Waals surface area contributed by atoms with Gasteiger partial charge in [0.15, 0.2) is 0 Å². The van der Waals surface area contributed by atoms with Crippen LogP contribution in [-0.4, -0.2) is 52.3 Å². The molecule has 1 heterocycles. The van der Waals surface area contributed by atoms with Gasteiger partial charge < -0.3 is 20.1 Å². The van der Waals surface area contributed by atoms with E-state index in [2.05, 4.69) is 15.4 Å². The Kier molecular flexibility index (Phi) is 6.24. The van der Waals surface area contributed by atoms with E-state index in [4.69, 9.17) is 4.74 Å². The maximum atomic E-state index is 12.4. The molecule has 1 aliphatic heterocycles. The first kappa shape index (κ1) is 15.9. The molecule has 6 nitrogen and oxygen atoms in total. The first-order chi connectivity index (χ1) is 9.05. The second kappa shape index (κ2) is 7.45. The fourth-order valence-corrected chi connectivity index (χ4v) is 2.34. The van der Waals surface area contributed by atoms with Gasteiger partial charge in [-0.05, 0) is 25.9 Å². The molecule has 0 aromatic carbocycles. The number of methoxy groups -OCH3 is 2. The van der Waals surface area contributed by atoms with Crippen molar-refractivity contribution in [3.05, 3.63) is 0 Å². The summed E-state index contributed by atoms with van der Waals surface area (Å²) in [6, 6.07) is 0. The van der Waals surface area contributed by atoms with Crippen LogP contribution in [0.2, 0.25) is 0 Å². The molecule has 0 aromatic heterocycles. The van der Waals surface area contributed by atoms with E-state index in [0.29, 0.717) is 13.2 Å². The van der Waals surface area contributed by atoms with Gasteiger partial charge in [-0.15, -0.1) is 0 Å². The molecule has 19 heavy (non-hydrogen) atoms. The Bertz CT molecular complexity index is 308. The van der Waals surface area contributed by atoms with E-state index >= 15 is 0 Å². The topological polar surface area (TPSA) is 76.7 Å². The summed E-state index contributed by atoms with van der Waals surface area (Å²) in [5.41, 5.74) is -0.476. The highest BCUT2D eigenvalue weighted by Gasteiger charge is 2.39. The summed E-state index contributed by atoms with van der Waals surface area (Å²) in [5.74, 6) is -0.687. The highest BCUT2D eigenvalue weighted by Crippen LogP contribution is 2.29. The fourth-order valence-electron chi connectivity index (χ4n) is 2.34. The van der Waals surface area contributed by atoms with Crippen LogP contribution in [-0.2, 0) is 19.1 Å². The monoisotopic (exact) mass is 272 g/mol. The van der Waals surface area contributed by atoms with Gasteiger partial charge >= 0.3 is 5.97 Å². The van der Waals surface area contributed by atoms with E-state index in [0.717, 1.165) is 25.9 Å². The molecular weight excluding hydrogens is 248 g/mol. The van der Waals surface area contributed by atoms with Crippen LogP contribution in [0.25, 0.3) is 0 Å². The molecule has 0 bridgehead atoms. The molecule has 110 valence electrons. The Morgan fingerprint density at radius 3 is 2.47 bits per heavy atom. The van der Waals surface area contributed by atoms with Crippen molar-refractivity contribution in [2.45, 2.75) is 19.8 Å². The molecule has 0 spiro atoms. The number of amides is 1. The largest absolute Gasteiger partial charge is 0.469 e. The molecule has 1 unspecified atom stereocenters. The van der Waals surface area contributed by atoms with Crippen LogP contribution in [0.1, 0.15) is 19.8 Å². The summed E-state index contributed by atoms with van der Waals surface area (Å²) in [6.45, 7) is 4.06. The molecule has 1 fully saturated rings. The van der Waals surface area contributed by atoms with Crippen molar-refractivity contribution in [1.82, 2.24) is 10.6 Å². The standard InChI is InChI=1S/C13H24N2O4/c1-10(11(16)19-3)8-15-12(17)13(9-18-2)4-6-14-7-5-13/h10,14H,4-9H2,1-3H3,(H,15,17). The third-order valence-electron chi connectivity index (χ3n) is 3.64. The lowest BCUT2D eigenvalue weighted by molar-refractivity contribution is -0.145. The van der Waals surface area contributed by atoms with Crippen molar-refractivity contribution in [3.63, 3.8) is 0 Å². The zero-order valence-electron chi connectivity index (χ0n) is 12.0. The number of ether oxygens (including phenoxy) is 2. The van der Waals surface area contributed by atoms with Gasteiger partial charge in [0.1, 0.15) is 0 Å². The summed E-state index contributed by atoms with van der Waals surface area (Å²) < 4.78 is 9.84. The van der Waals surface area contributed by atoms with Crippen LogP contribution in [0, 0.1) is 11.3 Å². The molecule has 0 aliphatic carbocycles. The van der Waals surface area contributed by atoms with Gasteiger partial charge in [0, 0.05) is 13.7 Å². The quantitative estimate of drug-likeness (QED) is 0.662. The minimum absolute atomic E-state index is 0.0356. The molecule has 1 rings (SSSR count). The molecule has 0 radical (unpaired) electrons. The van der Waals surface area contributed by atoms with Gasteiger partial charge in [-0.2, -0.15) is 0 Å². The number of piperidine rings is 1. The highest BCUT2D eigenvalue weighted by atomic mass is 16.5. The number of rotatable bonds is 6. The first-order valence-corrected chi connectivity index (χ1v) is 6.61. The van der Waals surface area contributed by atoms with Gasteiger partial charge in [0.2, 0.25) is 5.91 Å². The van der Waals surface area contributed by atoms with Gasteiger partial charge in [-0.25, -0.2) is 0 Å². The van der Waals surface area contributed by atoms with E-state index in [1.165, 1.54) is 7.11 Å².